The smallest absolute Gasteiger partial charge is 0.183 e. The fourth-order valence-corrected chi connectivity index (χ4v) is 5.66. The van der Waals surface area contributed by atoms with Crippen molar-refractivity contribution >= 4 is 17.4 Å². The summed E-state index contributed by atoms with van der Waals surface area (Å²) in [6, 6.07) is 20.9. The van der Waals surface area contributed by atoms with E-state index in [2.05, 4.69) is 26.1 Å². The van der Waals surface area contributed by atoms with Gasteiger partial charge in [-0.05, 0) is 98.8 Å². The van der Waals surface area contributed by atoms with Crippen LogP contribution in [0.3, 0.4) is 0 Å². The average molecular weight is 538 g/mol. The summed E-state index contributed by atoms with van der Waals surface area (Å²) in [4.78, 5) is 30.4. The Labute approximate surface area is 235 Å². The summed E-state index contributed by atoms with van der Waals surface area (Å²) in [7, 11) is 1.61. The van der Waals surface area contributed by atoms with Crippen LogP contribution in [-0.4, -0.2) is 60.0 Å². The number of carbonyl (C=O) groups excluding carboxylic acids is 2. The minimum absolute atomic E-state index is 0.00557. The third kappa shape index (κ3) is 6.72. The van der Waals surface area contributed by atoms with Crippen LogP contribution >= 0.6 is 0 Å². The molecular formula is C32H35N5O3. The predicted molar refractivity (Wildman–Crippen MR) is 152 cm³/mol. The highest BCUT2D eigenvalue weighted by molar-refractivity contribution is 5.98. The number of Topliss-reactive ketones (excluding diaryl/α,β-unsaturated/α-hetero) is 2. The number of carbonyl (C=O) groups is 2. The molecule has 0 aliphatic carbocycles. The number of benzene rings is 2. The van der Waals surface area contributed by atoms with Crippen molar-refractivity contribution in [3.8, 4) is 11.8 Å². The highest BCUT2D eigenvalue weighted by atomic mass is 16.5. The van der Waals surface area contributed by atoms with Gasteiger partial charge < -0.3 is 9.64 Å². The molecule has 0 radical (unpaired) electrons. The standard InChI is InChI=1S/C32H35N5O3/c1-40-28-8-6-26(7-9-28)32(39)27-14-18-37(19-15-27)31-11-10-29(34-35-31)30(38)20-23-12-16-36(17-13-23)22-25-4-2-24(21-33)3-5-25/h2-11,23,27H,12-20,22H2,1H3. The molecule has 40 heavy (non-hydrogen) atoms. The number of nitriles is 1. The lowest BCUT2D eigenvalue weighted by molar-refractivity contribution is 0.0897. The lowest BCUT2D eigenvalue weighted by atomic mass is 9.89. The molecule has 0 bridgehead atoms. The number of ether oxygens (including phenoxy) is 1. The normalized spacial score (nSPS) is 16.9. The Kier molecular flexibility index (Phi) is 8.82. The van der Waals surface area contributed by atoms with Gasteiger partial charge in [0.2, 0.25) is 0 Å². The summed E-state index contributed by atoms with van der Waals surface area (Å²) in [6.45, 7) is 4.25. The van der Waals surface area contributed by atoms with Gasteiger partial charge in [0, 0.05) is 37.5 Å². The monoisotopic (exact) mass is 537 g/mol. The van der Waals surface area contributed by atoms with Crippen molar-refractivity contribution in [3.05, 3.63) is 83.0 Å². The number of rotatable bonds is 9. The molecule has 2 aliphatic rings. The van der Waals surface area contributed by atoms with E-state index >= 15 is 0 Å². The quantitative estimate of drug-likeness (QED) is 0.354. The highest BCUT2D eigenvalue weighted by Crippen LogP contribution is 2.27. The zero-order chi connectivity index (χ0) is 27.9. The maximum absolute atomic E-state index is 12.9. The molecule has 5 rings (SSSR count). The zero-order valence-corrected chi connectivity index (χ0v) is 23.0. The Morgan fingerprint density at radius 2 is 1.60 bits per heavy atom. The van der Waals surface area contributed by atoms with Gasteiger partial charge in [-0.2, -0.15) is 5.26 Å². The van der Waals surface area contributed by atoms with Crippen LogP contribution in [0.2, 0.25) is 0 Å². The lowest BCUT2D eigenvalue weighted by Crippen LogP contribution is -2.37. The van der Waals surface area contributed by atoms with Gasteiger partial charge in [-0.3, -0.25) is 14.5 Å². The fraction of sp³-hybridized carbons (Fsp3) is 0.406. The molecule has 0 unspecified atom stereocenters. The third-order valence-corrected chi connectivity index (χ3v) is 8.17. The van der Waals surface area contributed by atoms with Crippen molar-refractivity contribution in [1.29, 1.82) is 5.26 Å². The first-order valence-electron chi connectivity index (χ1n) is 14.0. The molecule has 2 aromatic carbocycles. The van der Waals surface area contributed by atoms with Crippen LogP contribution < -0.4 is 9.64 Å². The average Bonchev–Trinajstić information content (AvgIpc) is 3.02. The summed E-state index contributed by atoms with van der Waals surface area (Å²) in [5.74, 6) is 2.07. The number of aromatic nitrogens is 2. The van der Waals surface area contributed by atoms with Crippen LogP contribution in [0.15, 0.2) is 60.7 Å². The van der Waals surface area contributed by atoms with E-state index in [1.165, 1.54) is 5.56 Å². The molecule has 3 heterocycles. The van der Waals surface area contributed by atoms with Crippen molar-refractivity contribution in [2.75, 3.05) is 38.2 Å². The van der Waals surface area contributed by atoms with Gasteiger partial charge in [0.1, 0.15) is 11.4 Å². The molecule has 2 aliphatic heterocycles. The highest BCUT2D eigenvalue weighted by Gasteiger charge is 2.27. The summed E-state index contributed by atoms with van der Waals surface area (Å²) < 4.78 is 5.19. The van der Waals surface area contributed by atoms with Crippen LogP contribution in [0, 0.1) is 23.2 Å². The second kappa shape index (κ2) is 12.8. The zero-order valence-electron chi connectivity index (χ0n) is 23.0. The number of ketones is 2. The fourth-order valence-electron chi connectivity index (χ4n) is 5.66. The topological polar surface area (TPSA) is 99.4 Å². The Morgan fingerprint density at radius 3 is 2.20 bits per heavy atom. The molecule has 2 fully saturated rings. The molecule has 0 amide bonds. The molecule has 8 heteroatoms. The largest absolute Gasteiger partial charge is 0.497 e. The summed E-state index contributed by atoms with van der Waals surface area (Å²) in [6.07, 6.45) is 3.99. The van der Waals surface area contributed by atoms with Crippen molar-refractivity contribution in [1.82, 2.24) is 15.1 Å². The van der Waals surface area contributed by atoms with Crippen LogP contribution in [0.1, 0.15) is 64.1 Å². The molecule has 0 atom stereocenters. The van der Waals surface area contributed by atoms with Crippen LogP contribution in [-0.2, 0) is 6.54 Å². The lowest BCUT2D eigenvalue weighted by Gasteiger charge is -2.32. The van der Waals surface area contributed by atoms with Crippen LogP contribution in [0.4, 0.5) is 5.82 Å². The molecule has 0 N–H and O–H groups in total. The van der Waals surface area contributed by atoms with Crippen LogP contribution in [0.5, 0.6) is 5.75 Å². The molecule has 0 saturated carbocycles. The van der Waals surface area contributed by atoms with Crippen molar-refractivity contribution in [3.63, 3.8) is 0 Å². The van der Waals surface area contributed by atoms with E-state index in [0.717, 1.165) is 75.5 Å². The van der Waals surface area contributed by atoms with Crippen molar-refractivity contribution < 1.29 is 14.3 Å². The summed E-state index contributed by atoms with van der Waals surface area (Å²) >= 11 is 0. The number of anilines is 1. The Bertz CT molecular complexity index is 1330. The first-order valence-corrected chi connectivity index (χ1v) is 14.0. The number of likely N-dealkylation sites (tertiary alicyclic amines) is 1. The predicted octanol–water partition coefficient (Wildman–Crippen LogP) is 4.94. The van der Waals surface area contributed by atoms with E-state index in [1.807, 2.05) is 54.6 Å². The van der Waals surface area contributed by atoms with Gasteiger partial charge in [-0.15, -0.1) is 10.2 Å². The maximum atomic E-state index is 12.9. The minimum atomic E-state index is -0.00557. The van der Waals surface area contributed by atoms with Gasteiger partial charge in [0.05, 0.1) is 18.7 Å². The molecule has 2 saturated heterocycles. The van der Waals surface area contributed by atoms with E-state index in [4.69, 9.17) is 10.00 Å². The molecule has 0 spiro atoms. The van der Waals surface area contributed by atoms with Crippen molar-refractivity contribution in [2.45, 2.75) is 38.6 Å². The third-order valence-electron chi connectivity index (χ3n) is 8.17. The number of piperidine rings is 2. The van der Waals surface area contributed by atoms with Crippen LogP contribution in [0.25, 0.3) is 0 Å². The van der Waals surface area contributed by atoms with E-state index in [1.54, 1.807) is 13.2 Å². The van der Waals surface area contributed by atoms with Gasteiger partial charge in [0.15, 0.2) is 17.4 Å². The maximum Gasteiger partial charge on any atom is 0.183 e. The Morgan fingerprint density at radius 1 is 0.900 bits per heavy atom. The second-order valence-electron chi connectivity index (χ2n) is 10.8. The summed E-state index contributed by atoms with van der Waals surface area (Å²) in [5, 5.41) is 17.6. The summed E-state index contributed by atoms with van der Waals surface area (Å²) in [5.41, 5.74) is 3.03. The number of methoxy groups -OCH3 is 1. The molecular weight excluding hydrogens is 502 g/mol. The van der Waals surface area contributed by atoms with Gasteiger partial charge in [-0.25, -0.2) is 0 Å². The second-order valence-corrected chi connectivity index (χ2v) is 10.8. The van der Waals surface area contributed by atoms with E-state index in [-0.39, 0.29) is 17.5 Å². The SMILES string of the molecule is COc1ccc(C(=O)C2CCN(c3ccc(C(=O)CC4CCN(Cc5ccc(C#N)cc5)CC4)nn3)CC2)cc1. The van der Waals surface area contributed by atoms with Gasteiger partial charge in [0.25, 0.3) is 0 Å². The Hall–Kier alpha value is -4.09. The van der Waals surface area contributed by atoms with E-state index in [9.17, 15) is 9.59 Å². The van der Waals surface area contributed by atoms with E-state index in [0.29, 0.717) is 23.6 Å². The number of hydrogen-bond acceptors (Lipinski definition) is 8. The molecule has 8 nitrogen and oxygen atoms in total. The van der Waals surface area contributed by atoms with Crippen molar-refractivity contribution in [2.24, 2.45) is 11.8 Å². The molecule has 1 aromatic heterocycles. The first-order chi connectivity index (χ1) is 19.5. The number of hydrogen-bond donors (Lipinski definition) is 0. The Balaban J connectivity index is 1.06. The molecule has 3 aromatic rings. The number of nitrogens with zero attached hydrogens (tertiary/aromatic N) is 5. The molecule has 206 valence electrons. The van der Waals surface area contributed by atoms with Gasteiger partial charge in [-0.1, -0.05) is 12.1 Å². The minimum Gasteiger partial charge on any atom is -0.497 e. The van der Waals surface area contributed by atoms with Gasteiger partial charge >= 0.3 is 0 Å². The van der Waals surface area contributed by atoms with E-state index < -0.39 is 0 Å². The first kappa shape index (κ1) is 27.5.